The van der Waals surface area contributed by atoms with E-state index in [1.165, 1.54) is 44.2 Å². The Balaban J connectivity index is 2.19. The highest BCUT2D eigenvalue weighted by atomic mass is 32.2. The van der Waals surface area contributed by atoms with E-state index in [0.29, 0.717) is 6.54 Å². The summed E-state index contributed by atoms with van der Waals surface area (Å²) in [5.41, 5.74) is 0. The van der Waals surface area contributed by atoms with Gasteiger partial charge >= 0.3 is 0 Å². The average molecular weight is 313 g/mol. The van der Waals surface area contributed by atoms with Gasteiger partial charge in [0.25, 0.3) is 0 Å². The van der Waals surface area contributed by atoms with Crippen molar-refractivity contribution in [2.45, 2.75) is 63.2 Å². The van der Waals surface area contributed by atoms with E-state index >= 15 is 0 Å². The van der Waals surface area contributed by atoms with Crippen molar-refractivity contribution >= 4 is 10.0 Å². The number of unbranched alkanes of at least 4 members (excludes halogenated alkanes) is 7. The fourth-order valence-corrected chi connectivity index (χ4v) is 3.40. The third-order valence-corrected chi connectivity index (χ3v) is 4.99. The Morgan fingerprint density at radius 3 is 2.14 bits per heavy atom. The number of phenols is 1. The SMILES string of the molecule is CCCCCCCCCCNS(=O)(=O)c1ccccc1O. The van der Waals surface area contributed by atoms with Gasteiger partial charge in [0.2, 0.25) is 10.0 Å². The lowest BCUT2D eigenvalue weighted by Gasteiger charge is -2.08. The van der Waals surface area contributed by atoms with Gasteiger partial charge in [-0.2, -0.15) is 0 Å². The number of hydrogen-bond acceptors (Lipinski definition) is 3. The van der Waals surface area contributed by atoms with Crippen molar-refractivity contribution in [1.82, 2.24) is 4.72 Å². The second-order valence-corrected chi connectivity index (χ2v) is 7.08. The molecule has 0 aliphatic rings. The monoisotopic (exact) mass is 313 g/mol. The van der Waals surface area contributed by atoms with Crippen LogP contribution in [-0.2, 0) is 10.0 Å². The average Bonchev–Trinajstić information content (AvgIpc) is 2.46. The summed E-state index contributed by atoms with van der Waals surface area (Å²) in [4.78, 5) is -0.0513. The predicted molar refractivity (Wildman–Crippen MR) is 85.9 cm³/mol. The van der Waals surface area contributed by atoms with Gasteiger partial charge in [0, 0.05) is 6.54 Å². The van der Waals surface area contributed by atoms with E-state index in [0.717, 1.165) is 19.3 Å². The Morgan fingerprint density at radius 1 is 0.952 bits per heavy atom. The molecular weight excluding hydrogens is 286 g/mol. The molecule has 0 spiro atoms. The van der Waals surface area contributed by atoms with Crippen LogP contribution in [0.5, 0.6) is 5.75 Å². The normalized spacial score (nSPS) is 11.7. The van der Waals surface area contributed by atoms with Crippen LogP contribution in [-0.4, -0.2) is 20.1 Å². The molecule has 0 atom stereocenters. The topological polar surface area (TPSA) is 66.4 Å². The van der Waals surface area contributed by atoms with Gasteiger partial charge in [-0.15, -0.1) is 0 Å². The van der Waals surface area contributed by atoms with Gasteiger partial charge in [-0.3, -0.25) is 0 Å². The Labute approximate surface area is 128 Å². The number of sulfonamides is 1. The Kier molecular flexibility index (Phi) is 8.38. The summed E-state index contributed by atoms with van der Waals surface area (Å²) in [5, 5.41) is 9.57. The Bertz CT molecular complexity index is 500. The first-order valence-corrected chi connectivity index (χ1v) is 9.34. The van der Waals surface area contributed by atoms with Crippen LogP contribution in [0.1, 0.15) is 58.3 Å². The number of benzene rings is 1. The highest BCUT2D eigenvalue weighted by molar-refractivity contribution is 7.89. The highest BCUT2D eigenvalue weighted by Crippen LogP contribution is 2.20. The minimum absolute atomic E-state index is 0.0513. The first-order chi connectivity index (χ1) is 10.1. The molecule has 0 aliphatic carbocycles. The van der Waals surface area contributed by atoms with Crippen LogP contribution in [0.3, 0.4) is 0 Å². The predicted octanol–water partition coefficient (Wildman–Crippen LogP) is 3.81. The lowest BCUT2D eigenvalue weighted by Crippen LogP contribution is -2.24. The molecular formula is C16H27NO3S. The minimum atomic E-state index is -3.60. The van der Waals surface area contributed by atoms with Gasteiger partial charge in [-0.05, 0) is 18.6 Å². The van der Waals surface area contributed by atoms with Crippen molar-refractivity contribution in [1.29, 1.82) is 0 Å². The first-order valence-electron chi connectivity index (χ1n) is 7.85. The molecule has 0 heterocycles. The van der Waals surface area contributed by atoms with Crippen molar-refractivity contribution in [2.75, 3.05) is 6.54 Å². The summed E-state index contributed by atoms with van der Waals surface area (Å²) in [6.07, 6.45) is 9.40. The molecule has 0 saturated heterocycles. The molecule has 21 heavy (non-hydrogen) atoms. The molecule has 0 aliphatic heterocycles. The summed E-state index contributed by atoms with van der Waals surface area (Å²) in [6, 6.07) is 5.99. The van der Waals surface area contributed by atoms with Crippen LogP contribution in [0.4, 0.5) is 0 Å². The number of rotatable bonds is 11. The fraction of sp³-hybridized carbons (Fsp3) is 0.625. The number of hydrogen-bond donors (Lipinski definition) is 2. The fourth-order valence-electron chi connectivity index (χ4n) is 2.23. The molecule has 0 aromatic heterocycles. The molecule has 1 aromatic carbocycles. The summed E-state index contributed by atoms with van der Waals surface area (Å²) < 4.78 is 26.5. The molecule has 0 bridgehead atoms. The van der Waals surface area contributed by atoms with Crippen molar-refractivity contribution < 1.29 is 13.5 Å². The zero-order chi connectivity index (χ0) is 15.6. The van der Waals surface area contributed by atoms with E-state index in [4.69, 9.17) is 0 Å². The quantitative estimate of drug-likeness (QED) is 0.610. The summed E-state index contributed by atoms with van der Waals surface area (Å²) in [5.74, 6) is -0.207. The lowest BCUT2D eigenvalue weighted by atomic mass is 10.1. The molecule has 2 N–H and O–H groups in total. The standard InChI is InChI=1S/C16H27NO3S/c1-2-3-4-5-6-7-8-11-14-17-21(19,20)16-13-10-9-12-15(16)18/h9-10,12-13,17-18H,2-8,11,14H2,1H3. The zero-order valence-corrected chi connectivity index (χ0v) is 13.7. The van der Waals surface area contributed by atoms with Crippen LogP contribution >= 0.6 is 0 Å². The van der Waals surface area contributed by atoms with Crippen LogP contribution in [0.2, 0.25) is 0 Å². The van der Waals surface area contributed by atoms with Crippen molar-refractivity contribution in [2.24, 2.45) is 0 Å². The Hall–Kier alpha value is -1.07. The number of nitrogens with one attached hydrogen (secondary N) is 1. The molecule has 0 radical (unpaired) electrons. The summed E-state index contributed by atoms with van der Waals surface area (Å²) >= 11 is 0. The maximum Gasteiger partial charge on any atom is 0.244 e. The molecule has 1 aromatic rings. The van der Waals surface area contributed by atoms with E-state index in [-0.39, 0.29) is 10.6 Å². The molecule has 0 saturated carbocycles. The zero-order valence-electron chi connectivity index (χ0n) is 12.8. The minimum Gasteiger partial charge on any atom is -0.507 e. The van der Waals surface area contributed by atoms with Gasteiger partial charge in [0.05, 0.1) is 0 Å². The second kappa shape index (κ2) is 9.79. The van der Waals surface area contributed by atoms with Crippen molar-refractivity contribution in [3.8, 4) is 5.75 Å². The van der Waals surface area contributed by atoms with Gasteiger partial charge in [0.1, 0.15) is 10.6 Å². The van der Waals surface area contributed by atoms with E-state index in [2.05, 4.69) is 11.6 Å². The maximum atomic E-state index is 12.0. The van der Waals surface area contributed by atoms with Gasteiger partial charge in [0.15, 0.2) is 0 Å². The van der Waals surface area contributed by atoms with E-state index < -0.39 is 10.0 Å². The number of aromatic hydroxyl groups is 1. The second-order valence-electron chi connectivity index (χ2n) is 5.34. The molecule has 0 fully saturated rings. The van der Waals surface area contributed by atoms with Gasteiger partial charge in [-0.1, -0.05) is 64.0 Å². The van der Waals surface area contributed by atoms with E-state index in [9.17, 15) is 13.5 Å². The Morgan fingerprint density at radius 2 is 1.52 bits per heavy atom. The number of phenolic OH excluding ortho intramolecular Hbond substituents is 1. The van der Waals surface area contributed by atoms with Crippen LogP contribution < -0.4 is 4.72 Å². The van der Waals surface area contributed by atoms with Crippen molar-refractivity contribution in [3.05, 3.63) is 24.3 Å². The largest absolute Gasteiger partial charge is 0.507 e. The van der Waals surface area contributed by atoms with Gasteiger partial charge < -0.3 is 5.11 Å². The molecule has 120 valence electrons. The number of para-hydroxylation sites is 1. The van der Waals surface area contributed by atoms with Crippen LogP contribution in [0.15, 0.2) is 29.2 Å². The van der Waals surface area contributed by atoms with Crippen molar-refractivity contribution in [3.63, 3.8) is 0 Å². The molecule has 5 heteroatoms. The molecule has 1 rings (SSSR count). The smallest absolute Gasteiger partial charge is 0.244 e. The molecule has 0 amide bonds. The summed E-state index contributed by atoms with van der Waals surface area (Å²) in [6.45, 7) is 2.63. The third kappa shape index (κ3) is 6.96. The maximum absolute atomic E-state index is 12.0. The van der Waals surface area contributed by atoms with E-state index in [1.54, 1.807) is 12.1 Å². The third-order valence-electron chi connectivity index (χ3n) is 3.48. The first kappa shape index (κ1) is 18.0. The summed E-state index contributed by atoms with van der Waals surface area (Å²) in [7, 11) is -3.60. The molecule has 0 unspecified atom stereocenters. The highest BCUT2D eigenvalue weighted by Gasteiger charge is 2.16. The van der Waals surface area contributed by atoms with E-state index in [1.807, 2.05) is 0 Å². The van der Waals surface area contributed by atoms with Crippen LogP contribution in [0.25, 0.3) is 0 Å². The lowest BCUT2D eigenvalue weighted by molar-refractivity contribution is 0.457. The van der Waals surface area contributed by atoms with Gasteiger partial charge in [-0.25, -0.2) is 13.1 Å². The van der Waals surface area contributed by atoms with Crippen LogP contribution in [0, 0.1) is 0 Å². The molecule has 4 nitrogen and oxygen atoms in total.